The van der Waals surface area contributed by atoms with Crippen LogP contribution in [0.5, 0.6) is 11.5 Å². The van der Waals surface area contributed by atoms with E-state index < -0.39 is 106 Å². The number of aromatic hydroxyl groups is 2. The molecule has 0 saturated carbocycles. The monoisotopic (exact) mass is 1030 g/mol. The number of nitrogens with one attached hydrogen (secondary N) is 8. The zero-order valence-electron chi connectivity index (χ0n) is 40.2. The van der Waals surface area contributed by atoms with Crippen molar-refractivity contribution >= 4 is 68.8 Å². The van der Waals surface area contributed by atoms with Gasteiger partial charge in [-0.2, -0.15) is 0 Å². The van der Waals surface area contributed by atoms with Gasteiger partial charge < -0.3 is 53.6 Å². The molecule has 0 radical (unpaired) electrons. The molecule has 72 heavy (non-hydrogen) atoms. The molecule has 4 aromatic rings. The van der Waals surface area contributed by atoms with Crippen molar-refractivity contribution in [2.24, 2.45) is 11.5 Å². The topological polar surface area (TPSA) is 325 Å². The molecule has 1 saturated heterocycles. The molecule has 6 atom stereocenters. The highest BCUT2D eigenvalue weighted by Gasteiger charge is 2.44. The molecule has 14 N–H and O–H groups in total. The van der Waals surface area contributed by atoms with Crippen LogP contribution in [0.15, 0.2) is 109 Å². The van der Waals surface area contributed by atoms with E-state index in [2.05, 4.69) is 42.8 Å². The van der Waals surface area contributed by atoms with Crippen LogP contribution in [-0.2, 0) is 64.0 Å². The Labute approximate surface area is 425 Å². The molecule has 20 nitrogen and oxygen atoms in total. The van der Waals surface area contributed by atoms with E-state index in [-0.39, 0.29) is 37.2 Å². The largest absolute Gasteiger partial charge is 0.508 e. The quantitative estimate of drug-likeness (QED) is 0.0850. The summed E-state index contributed by atoms with van der Waals surface area (Å²) >= 11 is 0. The number of nitrogens with two attached hydrogens (primary N) is 2. The molecule has 1 fully saturated rings. The Morgan fingerprint density at radius 3 is 1.21 bits per heavy atom. The van der Waals surface area contributed by atoms with Crippen LogP contribution in [0.25, 0.3) is 0 Å². The molecule has 1 aliphatic heterocycles. The molecule has 384 valence electrons. The average molecular weight is 1030 g/mol. The van der Waals surface area contributed by atoms with Gasteiger partial charge >= 0.3 is 0 Å². The molecule has 1 aliphatic rings. The zero-order valence-corrected chi connectivity index (χ0v) is 41.9. The normalized spacial score (nSPS) is 21.2. The number of carbonyl (C=O) groups is 8. The third-order valence-corrected chi connectivity index (χ3v) is 15.7. The Bertz CT molecular complexity index is 2360. The van der Waals surface area contributed by atoms with Crippen molar-refractivity contribution in [3.05, 3.63) is 131 Å². The standard InChI is InChI=1S/C50H62N10O10S2/c1-49(2)41(57-43(65)35(51)23-31-15-19-33(61)20-16-31)47(69)53-27-39(63)55-37(25-29-11-7-5-8-12-29)45(67)59-60-46(68)38(26-30-13-9-6-10-14-30)56-40(64)28-54-48(70)42(50(3,4)72-71-49)58-44(66)36(52)24-32-17-21-34(62)22-18-32/h5-22,35-38,41-42,61-62H,23-28,51-52H2,1-4H3,(H,53,69)(H,54,70)(H,55,63)(H,56,64)(H,57,65)(H,58,66)(H,59,67)(H,60,68)/t35-,36-,37-,38-,41+,42+/m0/s1. The van der Waals surface area contributed by atoms with E-state index in [0.29, 0.717) is 22.3 Å². The molecule has 5 rings (SSSR count). The molecule has 0 aromatic heterocycles. The number of amides is 8. The molecule has 4 aromatic carbocycles. The lowest BCUT2D eigenvalue weighted by molar-refractivity contribution is -0.134. The molecule has 22 heteroatoms. The van der Waals surface area contributed by atoms with E-state index in [1.807, 2.05) is 0 Å². The number of hydrazine groups is 1. The van der Waals surface area contributed by atoms with Gasteiger partial charge in [-0.3, -0.25) is 49.2 Å². The van der Waals surface area contributed by atoms with Crippen molar-refractivity contribution in [2.75, 3.05) is 13.1 Å². The molecule has 0 unspecified atom stereocenters. The van der Waals surface area contributed by atoms with Crippen molar-refractivity contribution in [1.29, 1.82) is 0 Å². The van der Waals surface area contributed by atoms with Crippen LogP contribution in [0.2, 0.25) is 0 Å². The van der Waals surface area contributed by atoms with Crippen molar-refractivity contribution in [1.82, 2.24) is 42.8 Å². The van der Waals surface area contributed by atoms with E-state index in [4.69, 9.17) is 11.5 Å². The SMILES string of the molecule is CC1(C)SSC(C)(C)[C@H](NC(=O)[C@@H](N)Cc2ccc(O)cc2)C(=O)NCC(=O)N[C@@H](Cc2ccccc2)C(=O)NNC(=O)[C@H](Cc2ccccc2)NC(=O)CNC(=O)[C@H]1NC(=O)[C@@H](N)Cc1ccc(O)cc1. The first-order valence-corrected chi connectivity index (χ1v) is 25.1. The van der Waals surface area contributed by atoms with Crippen molar-refractivity contribution in [3.8, 4) is 11.5 Å². The fraction of sp³-hybridized carbons (Fsp3) is 0.360. The van der Waals surface area contributed by atoms with Crippen LogP contribution in [-0.4, -0.2) is 116 Å². The second-order valence-corrected chi connectivity index (χ2v) is 21.7. The third-order valence-electron chi connectivity index (χ3n) is 11.4. The second-order valence-electron chi connectivity index (χ2n) is 18.2. The molecule has 1 heterocycles. The summed E-state index contributed by atoms with van der Waals surface area (Å²) in [6, 6.07) is 21.8. The summed E-state index contributed by atoms with van der Waals surface area (Å²) in [5.74, 6) is -6.35. The molecular formula is C50H62N10O10S2. The summed E-state index contributed by atoms with van der Waals surface area (Å²) in [7, 11) is 2.14. The van der Waals surface area contributed by atoms with Crippen molar-refractivity contribution < 1.29 is 48.6 Å². The zero-order chi connectivity index (χ0) is 52.6. The van der Waals surface area contributed by atoms with Gasteiger partial charge in [0.05, 0.1) is 25.2 Å². The van der Waals surface area contributed by atoms with Crippen LogP contribution in [0.4, 0.5) is 0 Å². The summed E-state index contributed by atoms with van der Waals surface area (Å²) in [6.45, 7) is 5.23. The van der Waals surface area contributed by atoms with Gasteiger partial charge in [-0.05, 0) is 87.1 Å². The Morgan fingerprint density at radius 1 is 0.542 bits per heavy atom. The van der Waals surface area contributed by atoms with Gasteiger partial charge in [0.25, 0.3) is 11.8 Å². The maximum absolute atomic E-state index is 14.3. The highest BCUT2D eigenvalue weighted by molar-refractivity contribution is 8.77. The first kappa shape index (κ1) is 55.8. The average Bonchev–Trinajstić information content (AvgIpc) is 3.35. The maximum Gasteiger partial charge on any atom is 0.261 e. The summed E-state index contributed by atoms with van der Waals surface area (Å²) in [6.07, 6.45) is -0.0143. The van der Waals surface area contributed by atoms with Crippen LogP contribution in [0.3, 0.4) is 0 Å². The Hall–Kier alpha value is -7.14. The summed E-state index contributed by atoms with van der Waals surface area (Å²) in [5, 5.41) is 35.3. The Kier molecular flexibility index (Phi) is 20.0. The lowest BCUT2D eigenvalue weighted by atomic mass is 10.00. The van der Waals surface area contributed by atoms with Gasteiger partial charge in [0.1, 0.15) is 35.7 Å². The van der Waals surface area contributed by atoms with Gasteiger partial charge in [-0.1, -0.05) is 107 Å². The van der Waals surface area contributed by atoms with Gasteiger partial charge in [0, 0.05) is 22.3 Å². The van der Waals surface area contributed by atoms with Crippen LogP contribution in [0.1, 0.15) is 49.9 Å². The molecule has 8 amide bonds. The fourth-order valence-electron chi connectivity index (χ4n) is 7.32. The smallest absolute Gasteiger partial charge is 0.261 e. The first-order valence-electron chi connectivity index (χ1n) is 23.0. The van der Waals surface area contributed by atoms with E-state index >= 15 is 0 Å². The van der Waals surface area contributed by atoms with Gasteiger partial charge in [-0.25, -0.2) is 0 Å². The highest BCUT2D eigenvalue weighted by Crippen LogP contribution is 2.46. The van der Waals surface area contributed by atoms with E-state index in [9.17, 15) is 48.6 Å². The predicted molar refractivity (Wildman–Crippen MR) is 273 cm³/mol. The minimum absolute atomic E-state index is 0.0130. The van der Waals surface area contributed by atoms with Crippen LogP contribution in [0, 0.1) is 0 Å². The van der Waals surface area contributed by atoms with Gasteiger partial charge in [-0.15, -0.1) is 0 Å². The summed E-state index contributed by atoms with van der Waals surface area (Å²) in [4.78, 5) is 111. The number of phenols is 2. The lowest BCUT2D eigenvalue weighted by Crippen LogP contribution is -2.62. The predicted octanol–water partition coefficient (Wildman–Crippen LogP) is 0.294. The first-order chi connectivity index (χ1) is 34.1. The molecule has 0 aliphatic carbocycles. The van der Waals surface area contributed by atoms with Crippen LogP contribution < -0.4 is 54.2 Å². The lowest BCUT2D eigenvalue weighted by Gasteiger charge is -2.38. The Balaban J connectivity index is 1.47. The number of hydrogen-bond acceptors (Lipinski definition) is 14. The number of phenolic OH excluding ortho intramolecular Hbond substituents is 2. The molecule has 0 bridgehead atoms. The third kappa shape index (κ3) is 17.0. The van der Waals surface area contributed by atoms with E-state index in [0.717, 1.165) is 21.6 Å². The van der Waals surface area contributed by atoms with E-state index in [1.165, 1.54) is 24.3 Å². The fourth-order valence-corrected chi connectivity index (χ4v) is 10.1. The maximum atomic E-state index is 14.3. The second kappa shape index (κ2) is 25.8. The Morgan fingerprint density at radius 2 is 0.875 bits per heavy atom. The minimum atomic E-state index is -1.42. The van der Waals surface area contributed by atoms with Crippen LogP contribution >= 0.6 is 21.6 Å². The minimum Gasteiger partial charge on any atom is -0.508 e. The number of hydrogen-bond donors (Lipinski definition) is 12. The number of benzene rings is 4. The number of rotatable bonds is 12. The van der Waals surface area contributed by atoms with Crippen molar-refractivity contribution in [2.45, 2.75) is 99.1 Å². The molecule has 0 spiro atoms. The molecular weight excluding hydrogens is 965 g/mol. The van der Waals surface area contributed by atoms with Crippen molar-refractivity contribution in [3.63, 3.8) is 0 Å². The summed E-state index contributed by atoms with van der Waals surface area (Å²) < 4.78 is -2.56. The highest BCUT2D eigenvalue weighted by atomic mass is 33.1. The summed E-state index contributed by atoms with van der Waals surface area (Å²) in [5.41, 5.74) is 19.9. The van der Waals surface area contributed by atoms with Gasteiger partial charge in [0.15, 0.2) is 0 Å². The number of carbonyl (C=O) groups excluding carboxylic acids is 8. The van der Waals surface area contributed by atoms with Gasteiger partial charge in [0.2, 0.25) is 35.4 Å². The van der Waals surface area contributed by atoms with E-state index in [1.54, 1.807) is 113 Å².